The maximum Gasteiger partial charge on any atom is 0.151 e. The first-order valence-corrected chi connectivity index (χ1v) is 6.09. The van der Waals surface area contributed by atoms with Gasteiger partial charge in [0, 0.05) is 5.56 Å². The zero-order valence-electron chi connectivity index (χ0n) is 10.6. The van der Waals surface area contributed by atoms with Crippen LogP contribution in [0.25, 0.3) is 11.3 Å². The molecule has 0 amide bonds. The van der Waals surface area contributed by atoms with Gasteiger partial charge in [0.2, 0.25) is 0 Å². The zero-order valence-corrected chi connectivity index (χ0v) is 11.4. The lowest BCUT2D eigenvalue weighted by Crippen LogP contribution is -2.10. The van der Waals surface area contributed by atoms with E-state index in [1.165, 1.54) is 0 Å². The first kappa shape index (κ1) is 12.8. The third kappa shape index (κ3) is 2.62. The van der Waals surface area contributed by atoms with Gasteiger partial charge in [-0.15, -0.1) is 10.2 Å². The molecule has 0 spiro atoms. The summed E-state index contributed by atoms with van der Waals surface area (Å²) < 4.78 is 0. The molecule has 2 aromatic rings. The average Bonchev–Trinajstić information content (AvgIpc) is 2.29. The van der Waals surface area contributed by atoms with Crippen LogP contribution < -0.4 is 0 Å². The van der Waals surface area contributed by atoms with Crippen molar-refractivity contribution in [1.82, 2.24) is 10.2 Å². The smallest absolute Gasteiger partial charge is 0.151 e. The number of phenolic OH excluding ortho intramolecular Hbond substituents is 1. The first-order chi connectivity index (χ1) is 8.38. The van der Waals surface area contributed by atoms with Gasteiger partial charge in [-0.25, -0.2) is 0 Å². The third-order valence-corrected chi connectivity index (χ3v) is 2.97. The molecule has 0 unspecified atom stereocenters. The van der Waals surface area contributed by atoms with Crippen molar-refractivity contribution in [2.24, 2.45) is 0 Å². The predicted molar refractivity (Wildman–Crippen MR) is 72.8 cm³/mol. The molecule has 0 atom stereocenters. The number of benzene rings is 1. The van der Waals surface area contributed by atoms with Crippen LogP contribution in [0.15, 0.2) is 30.3 Å². The van der Waals surface area contributed by atoms with Crippen molar-refractivity contribution in [2.45, 2.75) is 26.2 Å². The summed E-state index contributed by atoms with van der Waals surface area (Å²) in [6.45, 7) is 6.30. The van der Waals surface area contributed by atoms with Crippen molar-refractivity contribution in [2.75, 3.05) is 0 Å². The predicted octanol–water partition coefficient (Wildman–Crippen LogP) is 3.80. The van der Waals surface area contributed by atoms with Gasteiger partial charge in [-0.1, -0.05) is 38.4 Å². The number of phenols is 1. The lowest BCUT2D eigenvalue weighted by atomic mass is 9.86. The van der Waals surface area contributed by atoms with Crippen molar-refractivity contribution in [3.63, 3.8) is 0 Å². The van der Waals surface area contributed by atoms with Crippen LogP contribution in [-0.4, -0.2) is 15.3 Å². The molecule has 0 saturated heterocycles. The quantitative estimate of drug-likeness (QED) is 0.850. The molecule has 3 nitrogen and oxygen atoms in total. The second-order valence-corrected chi connectivity index (χ2v) is 5.61. The monoisotopic (exact) mass is 262 g/mol. The summed E-state index contributed by atoms with van der Waals surface area (Å²) >= 11 is 5.69. The third-order valence-electron chi connectivity index (χ3n) is 2.77. The first-order valence-electron chi connectivity index (χ1n) is 5.71. The van der Waals surface area contributed by atoms with E-state index >= 15 is 0 Å². The average molecular weight is 263 g/mol. The van der Waals surface area contributed by atoms with Gasteiger partial charge < -0.3 is 5.11 Å². The summed E-state index contributed by atoms with van der Waals surface area (Å²) in [7, 11) is 0. The molecule has 1 aromatic heterocycles. The van der Waals surface area contributed by atoms with Gasteiger partial charge in [-0.05, 0) is 35.2 Å². The van der Waals surface area contributed by atoms with Crippen molar-refractivity contribution in [3.05, 3.63) is 41.0 Å². The summed E-state index contributed by atoms with van der Waals surface area (Å²) in [4.78, 5) is 0. The van der Waals surface area contributed by atoms with E-state index in [-0.39, 0.29) is 11.2 Å². The van der Waals surface area contributed by atoms with Crippen LogP contribution >= 0.6 is 11.6 Å². The molecule has 0 fully saturated rings. The van der Waals surface area contributed by atoms with Gasteiger partial charge in [-0.2, -0.15) is 0 Å². The topological polar surface area (TPSA) is 46.0 Å². The Morgan fingerprint density at radius 1 is 1.06 bits per heavy atom. The normalized spacial score (nSPS) is 11.6. The van der Waals surface area contributed by atoms with Crippen LogP contribution in [0.1, 0.15) is 26.3 Å². The van der Waals surface area contributed by atoms with E-state index in [4.69, 9.17) is 11.6 Å². The van der Waals surface area contributed by atoms with E-state index in [2.05, 4.69) is 31.0 Å². The number of hydrogen-bond donors (Lipinski definition) is 1. The van der Waals surface area contributed by atoms with Crippen molar-refractivity contribution in [1.29, 1.82) is 0 Å². The molecule has 2 rings (SSSR count). The summed E-state index contributed by atoms with van der Waals surface area (Å²) in [5.41, 5.74) is 2.34. The molecule has 0 aliphatic heterocycles. The van der Waals surface area contributed by atoms with Gasteiger partial charge in [0.15, 0.2) is 5.15 Å². The summed E-state index contributed by atoms with van der Waals surface area (Å²) in [5, 5.41) is 18.1. The fraction of sp³-hybridized carbons (Fsp3) is 0.286. The molecule has 0 aliphatic carbocycles. The molecule has 1 aromatic carbocycles. The summed E-state index contributed by atoms with van der Waals surface area (Å²) in [6, 6.07) is 9.01. The van der Waals surface area contributed by atoms with Gasteiger partial charge in [-0.3, -0.25) is 0 Å². The van der Waals surface area contributed by atoms with Crippen LogP contribution in [0.3, 0.4) is 0 Å². The lowest BCUT2D eigenvalue weighted by Gasteiger charge is -2.19. The van der Waals surface area contributed by atoms with E-state index in [1.54, 1.807) is 18.2 Å². The highest BCUT2D eigenvalue weighted by molar-refractivity contribution is 6.29. The maximum atomic E-state index is 10.1. The highest BCUT2D eigenvalue weighted by atomic mass is 35.5. The number of aromatic hydroxyl groups is 1. The van der Waals surface area contributed by atoms with Gasteiger partial charge in [0.1, 0.15) is 5.75 Å². The molecule has 4 heteroatoms. The van der Waals surface area contributed by atoms with Crippen LogP contribution in [0.4, 0.5) is 0 Å². The van der Waals surface area contributed by atoms with Crippen LogP contribution in [0, 0.1) is 0 Å². The van der Waals surface area contributed by atoms with Crippen molar-refractivity contribution in [3.8, 4) is 17.0 Å². The Labute approximate surface area is 111 Å². The largest absolute Gasteiger partial charge is 0.507 e. The molecule has 0 bridgehead atoms. The second-order valence-electron chi connectivity index (χ2n) is 5.22. The minimum absolute atomic E-state index is 0.00167. The Kier molecular flexibility index (Phi) is 3.26. The van der Waals surface area contributed by atoms with Gasteiger partial charge in [0.25, 0.3) is 0 Å². The SMILES string of the molecule is CC(C)(C)c1ccc(-c2ccc(Cl)nn2)c(O)c1. The maximum absolute atomic E-state index is 10.1. The number of aromatic nitrogens is 2. The summed E-state index contributed by atoms with van der Waals surface area (Å²) in [5.74, 6) is 0.207. The van der Waals surface area contributed by atoms with Crippen molar-refractivity contribution >= 4 is 11.6 Å². The van der Waals surface area contributed by atoms with E-state index in [9.17, 15) is 5.11 Å². The number of hydrogen-bond acceptors (Lipinski definition) is 3. The molecule has 0 radical (unpaired) electrons. The highest BCUT2D eigenvalue weighted by Crippen LogP contribution is 2.32. The van der Waals surface area contributed by atoms with E-state index in [0.29, 0.717) is 16.4 Å². The van der Waals surface area contributed by atoms with Crippen LogP contribution in [0.2, 0.25) is 5.15 Å². The number of nitrogens with zero attached hydrogens (tertiary/aromatic N) is 2. The zero-order chi connectivity index (χ0) is 13.3. The molecule has 1 heterocycles. The standard InChI is InChI=1S/C14H15ClN2O/c1-14(2,3)9-4-5-10(12(18)8-9)11-6-7-13(15)17-16-11/h4-8,18H,1-3H3. The fourth-order valence-electron chi connectivity index (χ4n) is 1.67. The number of rotatable bonds is 1. The second kappa shape index (κ2) is 4.58. The molecular formula is C14H15ClN2O. The van der Waals surface area contributed by atoms with E-state index in [0.717, 1.165) is 5.56 Å². The van der Waals surface area contributed by atoms with Crippen LogP contribution in [-0.2, 0) is 5.41 Å². The molecule has 18 heavy (non-hydrogen) atoms. The minimum atomic E-state index is 0.00167. The molecule has 94 valence electrons. The molecule has 1 N–H and O–H groups in total. The van der Waals surface area contributed by atoms with E-state index < -0.39 is 0 Å². The summed E-state index contributed by atoms with van der Waals surface area (Å²) in [6.07, 6.45) is 0. The fourth-order valence-corrected chi connectivity index (χ4v) is 1.78. The molecular weight excluding hydrogens is 248 g/mol. The Morgan fingerprint density at radius 3 is 2.28 bits per heavy atom. The Balaban J connectivity index is 2.45. The number of halogens is 1. The molecule has 0 saturated carbocycles. The van der Waals surface area contributed by atoms with E-state index in [1.807, 2.05) is 12.1 Å². The molecule has 0 aliphatic rings. The van der Waals surface area contributed by atoms with Crippen molar-refractivity contribution < 1.29 is 5.11 Å². The van der Waals surface area contributed by atoms with Gasteiger partial charge in [0.05, 0.1) is 5.69 Å². The van der Waals surface area contributed by atoms with Crippen LogP contribution in [0.5, 0.6) is 5.75 Å². The lowest BCUT2D eigenvalue weighted by molar-refractivity contribution is 0.472. The van der Waals surface area contributed by atoms with Gasteiger partial charge >= 0.3 is 0 Å². The minimum Gasteiger partial charge on any atom is -0.507 e. The highest BCUT2D eigenvalue weighted by Gasteiger charge is 2.16. The Morgan fingerprint density at radius 2 is 1.78 bits per heavy atom. The Bertz CT molecular complexity index is 559. The Hall–Kier alpha value is -1.61.